The second-order valence-electron chi connectivity index (χ2n) is 3.46. The second-order valence-corrected chi connectivity index (χ2v) is 3.46. The van der Waals surface area contributed by atoms with Crippen molar-refractivity contribution < 1.29 is 9.47 Å². The van der Waals surface area contributed by atoms with Crippen molar-refractivity contribution in [2.45, 2.75) is 33.0 Å². The van der Waals surface area contributed by atoms with Crippen molar-refractivity contribution in [1.29, 1.82) is 0 Å². The van der Waals surface area contributed by atoms with Crippen molar-refractivity contribution in [3.05, 3.63) is 0 Å². The Balaban J connectivity index is 2.93. The number of nitrogen functional groups attached to an aromatic ring is 1. The number of terminal acetylenes is 1. The number of hydrogen-bond acceptors (Lipinski definition) is 7. The zero-order valence-corrected chi connectivity index (χ0v) is 9.97. The van der Waals surface area contributed by atoms with Gasteiger partial charge in [0.25, 0.3) is 0 Å². The molecule has 0 aliphatic rings. The van der Waals surface area contributed by atoms with Crippen LogP contribution in [0.1, 0.15) is 20.8 Å². The summed E-state index contributed by atoms with van der Waals surface area (Å²) in [6.07, 6.45) is 4.67. The van der Waals surface area contributed by atoms with Gasteiger partial charge in [0.15, 0.2) is 6.10 Å². The van der Waals surface area contributed by atoms with Gasteiger partial charge in [-0.15, -0.1) is 11.4 Å². The highest BCUT2D eigenvalue weighted by Gasteiger charge is 2.11. The highest BCUT2D eigenvalue weighted by molar-refractivity contribution is 5.25. The lowest BCUT2D eigenvalue weighted by atomic mass is 10.4. The molecule has 1 rings (SSSR count). The van der Waals surface area contributed by atoms with Crippen LogP contribution < -0.4 is 20.7 Å². The molecule has 0 spiro atoms. The first-order valence-corrected chi connectivity index (χ1v) is 5.07. The van der Waals surface area contributed by atoms with E-state index in [1.165, 1.54) is 0 Å². The van der Waals surface area contributed by atoms with Crippen LogP contribution in [0.25, 0.3) is 0 Å². The Morgan fingerprint density at radius 1 is 1.18 bits per heavy atom. The molecule has 1 aromatic heterocycles. The fraction of sp³-hybridized carbons (Fsp3) is 0.500. The fourth-order valence-electron chi connectivity index (χ4n) is 0.911. The predicted octanol–water partition coefficient (Wildman–Crippen LogP) is 0.345. The normalized spacial score (nSPS) is 11.8. The summed E-state index contributed by atoms with van der Waals surface area (Å²) in [4.78, 5) is 11.8. The molecule has 1 aromatic rings. The Hall–Kier alpha value is -2.07. The van der Waals surface area contributed by atoms with E-state index >= 15 is 0 Å². The lowest BCUT2D eigenvalue weighted by Crippen LogP contribution is -2.17. The number of anilines is 1. The zero-order valence-electron chi connectivity index (χ0n) is 9.97. The first kappa shape index (κ1) is 13.0. The number of aromatic nitrogens is 3. The molecule has 0 amide bonds. The number of nitrogens with two attached hydrogens (primary N) is 1. The maximum absolute atomic E-state index is 5.32. The Bertz CT molecular complexity index is 416. The summed E-state index contributed by atoms with van der Waals surface area (Å²) in [6, 6.07) is 0.191. The molecule has 0 aliphatic heterocycles. The molecule has 0 radical (unpaired) electrons. The van der Waals surface area contributed by atoms with E-state index in [1.54, 1.807) is 6.92 Å². The van der Waals surface area contributed by atoms with E-state index in [9.17, 15) is 0 Å². The molecule has 1 heterocycles. The number of nitrogens with one attached hydrogen (secondary N) is 1. The van der Waals surface area contributed by atoms with E-state index < -0.39 is 6.10 Å². The molecular weight excluding hydrogens is 222 g/mol. The van der Waals surface area contributed by atoms with Crippen LogP contribution >= 0.6 is 0 Å². The van der Waals surface area contributed by atoms with Crippen LogP contribution in [0.3, 0.4) is 0 Å². The van der Waals surface area contributed by atoms with E-state index in [2.05, 4.69) is 26.3 Å². The molecule has 92 valence electrons. The molecule has 0 aromatic carbocycles. The zero-order chi connectivity index (χ0) is 12.8. The minimum atomic E-state index is -0.449. The molecule has 0 saturated carbocycles. The Morgan fingerprint density at radius 3 is 2.24 bits per heavy atom. The topological polar surface area (TPSA) is 95.2 Å². The van der Waals surface area contributed by atoms with Gasteiger partial charge in [-0.3, -0.25) is 5.43 Å². The van der Waals surface area contributed by atoms with Gasteiger partial charge in [-0.2, -0.15) is 9.97 Å². The fourth-order valence-corrected chi connectivity index (χ4v) is 0.911. The number of hydrazine groups is 1. The van der Waals surface area contributed by atoms with Crippen LogP contribution in [-0.4, -0.2) is 27.2 Å². The molecule has 3 N–H and O–H groups in total. The third-order valence-electron chi connectivity index (χ3n) is 1.58. The van der Waals surface area contributed by atoms with Crippen LogP contribution in [0.15, 0.2) is 0 Å². The van der Waals surface area contributed by atoms with Crippen LogP contribution in [0.4, 0.5) is 5.95 Å². The molecule has 0 fully saturated rings. The van der Waals surface area contributed by atoms with Gasteiger partial charge < -0.3 is 9.47 Å². The van der Waals surface area contributed by atoms with Gasteiger partial charge in [-0.25, -0.2) is 5.84 Å². The van der Waals surface area contributed by atoms with Crippen molar-refractivity contribution in [2.75, 3.05) is 5.43 Å². The Morgan fingerprint density at radius 2 is 1.76 bits per heavy atom. The van der Waals surface area contributed by atoms with E-state index in [0.29, 0.717) is 0 Å². The molecular formula is C10H15N5O2. The van der Waals surface area contributed by atoms with Crippen molar-refractivity contribution >= 4 is 5.95 Å². The molecule has 7 heteroatoms. The molecule has 0 saturated heterocycles. The summed E-state index contributed by atoms with van der Waals surface area (Å²) in [6.45, 7) is 5.40. The van der Waals surface area contributed by atoms with Crippen molar-refractivity contribution in [2.24, 2.45) is 5.84 Å². The highest BCUT2D eigenvalue weighted by atomic mass is 16.5. The van der Waals surface area contributed by atoms with Gasteiger partial charge in [-0.05, 0) is 20.8 Å². The maximum Gasteiger partial charge on any atom is 0.325 e. The number of hydrogen-bond donors (Lipinski definition) is 2. The standard InChI is InChI=1S/C10H15N5O2/c1-5-7(4)17-10-13-8(15-11)12-9(14-10)16-6(2)3/h1,6-7H,11H2,2-4H3,(H,12,13,14,15). The van der Waals surface area contributed by atoms with Gasteiger partial charge in [0.2, 0.25) is 5.95 Å². The van der Waals surface area contributed by atoms with E-state index in [1.807, 2.05) is 13.8 Å². The quantitative estimate of drug-likeness (QED) is 0.433. The van der Waals surface area contributed by atoms with Crippen LogP contribution in [-0.2, 0) is 0 Å². The molecule has 17 heavy (non-hydrogen) atoms. The summed E-state index contributed by atoms with van der Waals surface area (Å²) in [7, 11) is 0. The predicted molar refractivity (Wildman–Crippen MR) is 62.3 cm³/mol. The number of nitrogens with zero attached hydrogens (tertiary/aromatic N) is 3. The third-order valence-corrected chi connectivity index (χ3v) is 1.58. The first-order chi connectivity index (χ1) is 8.05. The summed E-state index contributed by atoms with van der Waals surface area (Å²) in [5, 5.41) is 0. The molecule has 0 aliphatic carbocycles. The Kier molecular flexibility index (Phi) is 4.48. The van der Waals surface area contributed by atoms with Crippen LogP contribution in [0.2, 0.25) is 0 Å². The van der Waals surface area contributed by atoms with Gasteiger partial charge >= 0.3 is 12.0 Å². The van der Waals surface area contributed by atoms with Crippen molar-refractivity contribution in [1.82, 2.24) is 15.0 Å². The molecule has 0 bridgehead atoms. The largest absolute Gasteiger partial charge is 0.461 e. The van der Waals surface area contributed by atoms with Crippen molar-refractivity contribution in [3.8, 4) is 24.4 Å². The summed E-state index contributed by atoms with van der Waals surface area (Å²) in [5.74, 6) is 7.77. The molecule has 1 unspecified atom stereocenters. The first-order valence-electron chi connectivity index (χ1n) is 5.07. The monoisotopic (exact) mass is 237 g/mol. The van der Waals surface area contributed by atoms with Gasteiger partial charge in [0, 0.05) is 0 Å². The van der Waals surface area contributed by atoms with E-state index in [4.69, 9.17) is 21.7 Å². The average Bonchev–Trinajstić information content (AvgIpc) is 2.27. The number of ether oxygens (including phenoxy) is 2. The van der Waals surface area contributed by atoms with Crippen LogP contribution in [0.5, 0.6) is 12.0 Å². The molecule has 1 atom stereocenters. The van der Waals surface area contributed by atoms with Crippen molar-refractivity contribution in [3.63, 3.8) is 0 Å². The summed E-state index contributed by atoms with van der Waals surface area (Å²) < 4.78 is 10.6. The highest BCUT2D eigenvalue weighted by Crippen LogP contribution is 2.14. The van der Waals surface area contributed by atoms with Gasteiger partial charge in [0.1, 0.15) is 0 Å². The molecule has 7 nitrogen and oxygen atoms in total. The maximum atomic E-state index is 5.32. The van der Waals surface area contributed by atoms with Crippen LogP contribution in [0, 0.1) is 12.3 Å². The van der Waals surface area contributed by atoms with Gasteiger partial charge in [-0.1, -0.05) is 5.92 Å². The van der Waals surface area contributed by atoms with Gasteiger partial charge in [0.05, 0.1) is 6.10 Å². The lowest BCUT2D eigenvalue weighted by Gasteiger charge is -2.11. The second kappa shape index (κ2) is 5.86. The van der Waals surface area contributed by atoms with E-state index in [0.717, 1.165) is 0 Å². The Labute approximate surface area is 99.7 Å². The average molecular weight is 237 g/mol. The number of rotatable bonds is 5. The third kappa shape index (κ3) is 4.12. The SMILES string of the molecule is C#CC(C)Oc1nc(NN)nc(OC(C)C)n1. The summed E-state index contributed by atoms with van der Waals surface area (Å²) >= 11 is 0. The minimum absolute atomic E-state index is 0.0639. The smallest absolute Gasteiger partial charge is 0.325 e. The minimum Gasteiger partial charge on any atom is -0.461 e. The lowest BCUT2D eigenvalue weighted by molar-refractivity contribution is 0.208. The van der Waals surface area contributed by atoms with E-state index in [-0.39, 0.29) is 24.1 Å². The summed E-state index contributed by atoms with van der Waals surface area (Å²) in [5.41, 5.74) is 2.30.